The highest BCUT2D eigenvalue weighted by Crippen LogP contribution is 2.24. The number of hydrogen-bond donors (Lipinski definition) is 1. The van der Waals surface area contributed by atoms with Crippen molar-refractivity contribution in [2.24, 2.45) is 7.05 Å². The van der Waals surface area contributed by atoms with Gasteiger partial charge in [0.05, 0.1) is 6.42 Å². The summed E-state index contributed by atoms with van der Waals surface area (Å²) < 4.78 is 1.96. The molecular formula is C14H19NO2. The van der Waals surface area contributed by atoms with Gasteiger partial charge in [-0.3, -0.25) is 4.79 Å². The third-order valence-corrected chi connectivity index (χ3v) is 2.83. The lowest BCUT2D eigenvalue weighted by atomic mass is 10.1. The van der Waals surface area contributed by atoms with Crippen molar-refractivity contribution in [1.29, 1.82) is 0 Å². The molecule has 3 heteroatoms. The average Bonchev–Trinajstić information content (AvgIpc) is 2.57. The van der Waals surface area contributed by atoms with Crippen LogP contribution in [0.15, 0.2) is 24.3 Å². The fourth-order valence-corrected chi connectivity index (χ4v) is 2.03. The van der Waals surface area contributed by atoms with Crippen LogP contribution in [-0.2, 0) is 18.3 Å². The molecule has 0 unspecified atom stereocenters. The minimum atomic E-state index is -0.788. The van der Waals surface area contributed by atoms with Crippen molar-refractivity contribution in [2.75, 3.05) is 0 Å². The van der Waals surface area contributed by atoms with Crippen LogP contribution in [0.3, 0.4) is 0 Å². The van der Waals surface area contributed by atoms with E-state index in [0.29, 0.717) is 0 Å². The number of aromatic nitrogens is 1. The van der Waals surface area contributed by atoms with Gasteiger partial charge in [-0.2, -0.15) is 0 Å². The Kier molecular flexibility index (Phi) is 4.32. The van der Waals surface area contributed by atoms with Crippen LogP contribution in [0, 0.1) is 6.92 Å². The molecule has 2 aromatic rings. The number of carbonyl (C=O) groups is 1. The molecule has 1 heterocycles. The molecule has 2 rings (SSSR count). The quantitative estimate of drug-likeness (QED) is 0.865. The number of aliphatic carboxylic acids is 1. The second-order valence-corrected chi connectivity index (χ2v) is 3.72. The smallest absolute Gasteiger partial charge is 0.309 e. The number of carboxylic acids is 1. The van der Waals surface area contributed by atoms with Crippen LogP contribution in [0.4, 0.5) is 0 Å². The number of nitrogens with zero attached hydrogens (tertiary/aromatic N) is 1. The molecule has 0 spiro atoms. The van der Waals surface area contributed by atoms with Gasteiger partial charge in [0.2, 0.25) is 0 Å². The van der Waals surface area contributed by atoms with E-state index in [1.807, 2.05) is 56.7 Å². The fourth-order valence-electron chi connectivity index (χ4n) is 2.03. The first kappa shape index (κ1) is 13.3. The molecule has 0 saturated heterocycles. The second-order valence-electron chi connectivity index (χ2n) is 3.72. The van der Waals surface area contributed by atoms with Gasteiger partial charge in [-0.1, -0.05) is 32.0 Å². The van der Waals surface area contributed by atoms with Gasteiger partial charge in [-0.25, -0.2) is 0 Å². The Bertz CT molecular complexity index is 487. The van der Waals surface area contributed by atoms with Crippen LogP contribution < -0.4 is 0 Å². The predicted molar refractivity (Wildman–Crippen MR) is 70.3 cm³/mol. The van der Waals surface area contributed by atoms with E-state index in [0.717, 1.165) is 22.2 Å². The van der Waals surface area contributed by atoms with Crippen LogP contribution in [-0.4, -0.2) is 15.6 Å². The number of rotatable bonds is 2. The highest BCUT2D eigenvalue weighted by Gasteiger charge is 2.13. The predicted octanol–water partition coefficient (Wildman–Crippen LogP) is 3.14. The maximum Gasteiger partial charge on any atom is 0.309 e. The van der Waals surface area contributed by atoms with Gasteiger partial charge in [0.25, 0.3) is 0 Å². The zero-order chi connectivity index (χ0) is 13.0. The topological polar surface area (TPSA) is 42.2 Å². The van der Waals surface area contributed by atoms with E-state index in [1.165, 1.54) is 0 Å². The summed E-state index contributed by atoms with van der Waals surface area (Å²) >= 11 is 0. The Morgan fingerprint density at radius 1 is 1.29 bits per heavy atom. The van der Waals surface area contributed by atoms with Crippen molar-refractivity contribution in [3.8, 4) is 0 Å². The van der Waals surface area contributed by atoms with Gasteiger partial charge < -0.3 is 9.67 Å². The van der Waals surface area contributed by atoms with Crippen molar-refractivity contribution < 1.29 is 9.90 Å². The third-order valence-electron chi connectivity index (χ3n) is 2.83. The summed E-state index contributed by atoms with van der Waals surface area (Å²) in [5.74, 6) is -0.788. The van der Waals surface area contributed by atoms with Crippen LogP contribution in [0.1, 0.15) is 25.1 Å². The number of benzene rings is 1. The Morgan fingerprint density at radius 2 is 1.88 bits per heavy atom. The molecule has 0 radical (unpaired) electrons. The Balaban J connectivity index is 0.000000686. The van der Waals surface area contributed by atoms with E-state index < -0.39 is 5.97 Å². The van der Waals surface area contributed by atoms with E-state index in [4.69, 9.17) is 5.11 Å². The Labute approximate surface area is 102 Å². The highest BCUT2D eigenvalue weighted by molar-refractivity contribution is 5.86. The molecule has 0 aliphatic rings. The number of carboxylic acid groups (broad SMARTS) is 1. The molecule has 1 N–H and O–H groups in total. The van der Waals surface area contributed by atoms with Gasteiger partial charge >= 0.3 is 5.97 Å². The molecule has 3 nitrogen and oxygen atoms in total. The summed E-state index contributed by atoms with van der Waals surface area (Å²) in [5.41, 5.74) is 3.03. The lowest BCUT2D eigenvalue weighted by molar-refractivity contribution is -0.136. The molecule has 17 heavy (non-hydrogen) atoms. The maximum atomic E-state index is 10.7. The van der Waals surface area contributed by atoms with Gasteiger partial charge in [0, 0.05) is 23.6 Å². The van der Waals surface area contributed by atoms with Crippen molar-refractivity contribution in [3.63, 3.8) is 0 Å². The van der Waals surface area contributed by atoms with Crippen LogP contribution >= 0.6 is 0 Å². The molecule has 1 aromatic heterocycles. The van der Waals surface area contributed by atoms with Crippen molar-refractivity contribution in [1.82, 2.24) is 4.57 Å². The van der Waals surface area contributed by atoms with E-state index in [9.17, 15) is 4.79 Å². The zero-order valence-corrected chi connectivity index (χ0v) is 10.8. The molecule has 0 aliphatic heterocycles. The molecule has 0 saturated carbocycles. The van der Waals surface area contributed by atoms with E-state index >= 15 is 0 Å². The molecule has 92 valence electrons. The third kappa shape index (κ3) is 2.49. The lowest BCUT2D eigenvalue weighted by Gasteiger charge is -2.01. The number of fused-ring (bicyclic) bond motifs is 1. The summed E-state index contributed by atoms with van der Waals surface area (Å²) in [7, 11) is 1.91. The summed E-state index contributed by atoms with van der Waals surface area (Å²) in [6.45, 7) is 5.97. The zero-order valence-electron chi connectivity index (χ0n) is 10.8. The largest absolute Gasteiger partial charge is 0.481 e. The molecule has 0 bridgehead atoms. The van der Waals surface area contributed by atoms with Crippen molar-refractivity contribution in [3.05, 3.63) is 35.5 Å². The van der Waals surface area contributed by atoms with Crippen LogP contribution in [0.5, 0.6) is 0 Å². The Hall–Kier alpha value is -1.77. The first-order valence-electron chi connectivity index (χ1n) is 5.86. The van der Waals surface area contributed by atoms with Gasteiger partial charge in [-0.05, 0) is 18.6 Å². The van der Waals surface area contributed by atoms with E-state index in [1.54, 1.807) is 0 Å². The van der Waals surface area contributed by atoms with Crippen molar-refractivity contribution in [2.45, 2.75) is 27.2 Å². The fraction of sp³-hybridized carbons (Fsp3) is 0.357. The molecule has 0 atom stereocenters. The van der Waals surface area contributed by atoms with E-state index in [2.05, 4.69) is 0 Å². The number of para-hydroxylation sites is 1. The summed E-state index contributed by atoms with van der Waals surface area (Å²) in [4.78, 5) is 10.7. The van der Waals surface area contributed by atoms with E-state index in [-0.39, 0.29) is 6.42 Å². The number of aryl methyl sites for hydroxylation is 2. The average molecular weight is 233 g/mol. The highest BCUT2D eigenvalue weighted by atomic mass is 16.4. The standard InChI is InChI=1S/C12H13NO2.C2H6/c1-8-9-5-3-4-6-10(9)13(2)11(8)7-12(14)15;1-2/h3-6H,7H2,1-2H3,(H,14,15);1-2H3. The van der Waals surface area contributed by atoms with Crippen LogP contribution in [0.25, 0.3) is 10.9 Å². The normalized spacial score (nSPS) is 9.88. The minimum absolute atomic E-state index is 0.0804. The van der Waals surface area contributed by atoms with Gasteiger partial charge in [0.1, 0.15) is 0 Å². The lowest BCUT2D eigenvalue weighted by Crippen LogP contribution is -2.06. The van der Waals surface area contributed by atoms with Gasteiger partial charge in [0.15, 0.2) is 0 Å². The SMILES string of the molecule is CC.Cc1c(CC(=O)O)n(C)c2ccccc12. The summed E-state index contributed by atoms with van der Waals surface area (Å²) in [6.07, 6.45) is 0.0804. The molecule has 0 amide bonds. The first-order chi connectivity index (χ1) is 8.11. The number of hydrogen-bond acceptors (Lipinski definition) is 1. The molecular weight excluding hydrogens is 214 g/mol. The van der Waals surface area contributed by atoms with Crippen LogP contribution in [0.2, 0.25) is 0 Å². The Morgan fingerprint density at radius 3 is 2.41 bits per heavy atom. The summed E-state index contributed by atoms with van der Waals surface area (Å²) in [6, 6.07) is 7.97. The molecule has 1 aromatic carbocycles. The molecule has 0 fully saturated rings. The monoisotopic (exact) mass is 233 g/mol. The second kappa shape index (κ2) is 5.53. The molecule has 0 aliphatic carbocycles. The van der Waals surface area contributed by atoms with Gasteiger partial charge in [-0.15, -0.1) is 0 Å². The summed E-state index contributed by atoms with van der Waals surface area (Å²) in [5, 5.41) is 9.96. The first-order valence-corrected chi connectivity index (χ1v) is 5.86. The van der Waals surface area contributed by atoms with Crippen molar-refractivity contribution >= 4 is 16.9 Å². The minimum Gasteiger partial charge on any atom is -0.481 e. The maximum absolute atomic E-state index is 10.7.